The third-order valence-corrected chi connectivity index (χ3v) is 10.0. The summed E-state index contributed by atoms with van der Waals surface area (Å²) in [4.78, 5) is 12.2. The van der Waals surface area contributed by atoms with Crippen LogP contribution in [-0.4, -0.2) is 20.9 Å². The van der Waals surface area contributed by atoms with Crippen molar-refractivity contribution >= 4 is 14.8 Å². The molecule has 2 fully saturated rings. The maximum atomic E-state index is 12.9. The monoisotopic (exact) mass is 362 g/mol. The highest BCUT2D eigenvalue weighted by Crippen LogP contribution is 2.40. The van der Waals surface area contributed by atoms with Crippen molar-refractivity contribution in [3.63, 3.8) is 0 Å². The highest BCUT2D eigenvalue weighted by Gasteiger charge is 2.32. The lowest BCUT2D eigenvalue weighted by Gasteiger charge is -2.37. The number of carbonyl (C=O) groups excluding carboxylic acids is 1. The first-order valence-electron chi connectivity index (χ1n) is 10.1. The first-order chi connectivity index (χ1) is 12.2. The van der Waals surface area contributed by atoms with Gasteiger partial charge in [-0.2, -0.15) is 0 Å². The van der Waals surface area contributed by atoms with Crippen LogP contribution in [0.2, 0.25) is 18.1 Å². The average Bonchev–Trinajstić information content (AvgIpc) is 2.64. The van der Waals surface area contributed by atoms with E-state index in [-0.39, 0.29) is 26.7 Å². The summed E-state index contributed by atoms with van der Waals surface area (Å²) in [5, 5.41) is 0. The molecule has 1 heterocycles. The zero-order valence-corrected chi connectivity index (χ0v) is 16.5. The molecule has 2 aliphatic rings. The average molecular weight is 363 g/mol. The molecule has 1 aliphatic carbocycles. The van der Waals surface area contributed by atoms with E-state index in [4.69, 9.17) is 4.74 Å². The maximum Gasteiger partial charge on any atom is 0.338 e. The second kappa shape index (κ2) is 8.97. The van der Waals surface area contributed by atoms with Gasteiger partial charge in [0.05, 0.1) is 5.56 Å². The molecule has 3 rings (SSSR count). The Bertz CT molecular complexity index is 544. The summed E-state index contributed by atoms with van der Waals surface area (Å²) < 4.78 is 18.6. The lowest BCUT2D eigenvalue weighted by atomic mass is 9.76. The Morgan fingerprint density at radius 3 is 2.24 bits per heavy atom. The normalized spacial score (nSPS) is 30.0. The van der Waals surface area contributed by atoms with Crippen LogP contribution in [0.3, 0.4) is 0 Å². The summed E-state index contributed by atoms with van der Waals surface area (Å²) in [6, 6.07) is 10.3. The van der Waals surface area contributed by atoms with E-state index >= 15 is 0 Å². The van der Waals surface area contributed by atoms with E-state index in [0.717, 1.165) is 24.7 Å². The van der Waals surface area contributed by atoms with Crippen LogP contribution in [0.1, 0.15) is 62.2 Å². The molecule has 1 aromatic carbocycles. The summed E-state index contributed by atoms with van der Waals surface area (Å²) in [5.41, 5.74) is 0.447. The molecule has 138 valence electrons. The summed E-state index contributed by atoms with van der Waals surface area (Å²) in [5.74, 6) is 1.13. The number of rotatable bonds is 5. The van der Waals surface area contributed by atoms with Crippen molar-refractivity contribution in [1.82, 2.24) is 0 Å². The van der Waals surface area contributed by atoms with Gasteiger partial charge in [0.15, 0.2) is 0 Å². The quantitative estimate of drug-likeness (QED) is 0.504. The summed E-state index contributed by atoms with van der Waals surface area (Å²) >= 11 is 0. The molecule has 0 amide bonds. The van der Waals surface area contributed by atoms with Gasteiger partial charge in [-0.1, -0.05) is 44.3 Å². The lowest BCUT2D eigenvalue weighted by Crippen LogP contribution is -2.31. The Kier molecular flexibility index (Phi) is 6.68. The van der Waals surface area contributed by atoms with Gasteiger partial charge in [0.1, 0.15) is 11.9 Å². The van der Waals surface area contributed by atoms with Gasteiger partial charge in [-0.05, 0) is 61.8 Å². The zero-order valence-electron chi connectivity index (χ0n) is 15.4. The number of benzene rings is 1. The van der Waals surface area contributed by atoms with E-state index in [1.54, 1.807) is 18.1 Å². The standard InChI is InChI=1S/C21H31FO2Si/c1-2-13-25-14-11-17(12-15-25)16-5-9-20(10-6-16)24-21(23)18-3-7-19(22)8-4-18/h3-4,7-8,16-17,20,25H,2,5-6,9-15H2,1H3. The van der Waals surface area contributed by atoms with Crippen LogP contribution in [0.5, 0.6) is 0 Å². The predicted octanol–water partition coefficient (Wildman–Crippen LogP) is 5.59. The highest BCUT2D eigenvalue weighted by atomic mass is 28.3. The number of esters is 1. The third-order valence-electron chi connectivity index (χ3n) is 6.33. The van der Waals surface area contributed by atoms with E-state index in [0.29, 0.717) is 5.56 Å². The van der Waals surface area contributed by atoms with Crippen molar-refractivity contribution in [3.05, 3.63) is 35.6 Å². The molecule has 1 aromatic rings. The molecule has 0 aromatic heterocycles. The van der Waals surface area contributed by atoms with E-state index in [1.165, 1.54) is 56.4 Å². The second-order valence-corrected chi connectivity index (χ2v) is 11.5. The van der Waals surface area contributed by atoms with Crippen LogP contribution < -0.4 is 0 Å². The molecule has 0 bridgehead atoms. The van der Waals surface area contributed by atoms with Gasteiger partial charge in [-0.25, -0.2) is 9.18 Å². The van der Waals surface area contributed by atoms with Gasteiger partial charge in [-0.3, -0.25) is 0 Å². The van der Waals surface area contributed by atoms with E-state index in [1.807, 2.05) is 0 Å². The fraction of sp³-hybridized carbons (Fsp3) is 0.667. The Hall–Kier alpha value is -1.16. The Labute approximate surface area is 152 Å². The molecule has 0 radical (unpaired) electrons. The SMILES string of the molecule is CCC[SiH]1CCC(C2CCC(OC(=O)c3ccc(F)cc3)CC2)CC1. The van der Waals surface area contributed by atoms with Gasteiger partial charge in [0.25, 0.3) is 0 Å². The number of halogens is 1. The van der Waals surface area contributed by atoms with Crippen LogP contribution in [-0.2, 0) is 4.74 Å². The first kappa shape index (κ1) is 18.6. The fourth-order valence-electron chi connectivity index (χ4n) is 4.84. The van der Waals surface area contributed by atoms with E-state index in [9.17, 15) is 9.18 Å². The number of hydrogen-bond donors (Lipinski definition) is 0. The van der Waals surface area contributed by atoms with Crippen LogP contribution in [0.25, 0.3) is 0 Å². The minimum atomic E-state index is -0.386. The molecule has 1 saturated carbocycles. The van der Waals surface area contributed by atoms with E-state index in [2.05, 4.69) is 6.92 Å². The zero-order chi connectivity index (χ0) is 17.6. The molecule has 1 saturated heterocycles. The van der Waals surface area contributed by atoms with Crippen molar-refractivity contribution in [2.75, 3.05) is 0 Å². The Balaban J connectivity index is 1.41. The van der Waals surface area contributed by atoms with Gasteiger partial charge in [0.2, 0.25) is 0 Å². The van der Waals surface area contributed by atoms with Gasteiger partial charge in [-0.15, -0.1) is 0 Å². The summed E-state index contributed by atoms with van der Waals surface area (Å²) in [7, 11) is -0.386. The maximum absolute atomic E-state index is 12.9. The Morgan fingerprint density at radius 2 is 1.64 bits per heavy atom. The van der Waals surface area contributed by atoms with Gasteiger partial charge < -0.3 is 4.74 Å². The van der Waals surface area contributed by atoms with Crippen LogP contribution in [0, 0.1) is 17.7 Å². The topological polar surface area (TPSA) is 26.3 Å². The molecule has 0 unspecified atom stereocenters. The minimum Gasteiger partial charge on any atom is -0.459 e. The van der Waals surface area contributed by atoms with Crippen molar-refractivity contribution < 1.29 is 13.9 Å². The second-order valence-electron chi connectivity index (χ2n) is 8.02. The summed E-state index contributed by atoms with van der Waals surface area (Å²) in [6.07, 6.45) is 8.72. The first-order valence-corrected chi connectivity index (χ1v) is 12.6. The van der Waals surface area contributed by atoms with E-state index < -0.39 is 0 Å². The smallest absolute Gasteiger partial charge is 0.338 e. The molecular weight excluding hydrogens is 331 g/mol. The van der Waals surface area contributed by atoms with Crippen molar-refractivity contribution in [3.8, 4) is 0 Å². The van der Waals surface area contributed by atoms with Crippen molar-refractivity contribution in [2.24, 2.45) is 11.8 Å². The number of hydrogen-bond acceptors (Lipinski definition) is 2. The molecular formula is C21H31FO2Si. The third kappa shape index (κ3) is 5.16. The largest absolute Gasteiger partial charge is 0.459 e. The van der Waals surface area contributed by atoms with Gasteiger partial charge in [0, 0.05) is 8.80 Å². The van der Waals surface area contributed by atoms with Crippen molar-refractivity contribution in [2.45, 2.75) is 76.1 Å². The molecule has 2 nitrogen and oxygen atoms in total. The Morgan fingerprint density at radius 1 is 1.04 bits per heavy atom. The number of carbonyl (C=O) groups is 1. The molecule has 25 heavy (non-hydrogen) atoms. The summed E-state index contributed by atoms with van der Waals surface area (Å²) in [6.45, 7) is 2.33. The van der Waals surface area contributed by atoms with Crippen LogP contribution in [0.4, 0.5) is 4.39 Å². The van der Waals surface area contributed by atoms with Gasteiger partial charge >= 0.3 is 5.97 Å². The number of ether oxygens (including phenoxy) is 1. The highest BCUT2D eigenvalue weighted by molar-refractivity contribution is 6.58. The molecule has 1 aliphatic heterocycles. The fourth-order valence-corrected chi connectivity index (χ4v) is 8.32. The lowest BCUT2D eigenvalue weighted by molar-refractivity contribution is 0.0127. The minimum absolute atomic E-state index is 0.0413. The van der Waals surface area contributed by atoms with Crippen LogP contribution in [0.15, 0.2) is 24.3 Å². The predicted molar refractivity (Wildman–Crippen MR) is 102 cm³/mol. The van der Waals surface area contributed by atoms with Crippen LogP contribution >= 0.6 is 0 Å². The molecule has 0 spiro atoms. The molecule has 0 atom stereocenters. The molecule has 4 heteroatoms. The molecule has 0 N–H and O–H groups in total. The van der Waals surface area contributed by atoms with Crippen molar-refractivity contribution in [1.29, 1.82) is 0 Å².